The van der Waals surface area contributed by atoms with E-state index in [-0.39, 0.29) is 0 Å². The van der Waals surface area contributed by atoms with Crippen LogP contribution in [0.3, 0.4) is 0 Å². The summed E-state index contributed by atoms with van der Waals surface area (Å²) in [5.41, 5.74) is 2.46. The van der Waals surface area contributed by atoms with Crippen molar-refractivity contribution >= 4 is 5.96 Å². The first-order valence-electron chi connectivity index (χ1n) is 10.1. The number of nitrogens with zero attached hydrogens (tertiary/aromatic N) is 4. The third-order valence-corrected chi connectivity index (χ3v) is 4.83. The Bertz CT molecular complexity index is 688. The second kappa shape index (κ2) is 10.7. The van der Waals surface area contributed by atoms with E-state index in [4.69, 9.17) is 4.99 Å². The quantitative estimate of drug-likeness (QED) is 0.555. The molecule has 1 aromatic heterocycles. The monoisotopic (exact) mass is 368 g/mol. The summed E-state index contributed by atoms with van der Waals surface area (Å²) in [6.07, 6.45) is 7.85. The van der Waals surface area contributed by atoms with Gasteiger partial charge in [0.2, 0.25) is 0 Å². The molecular weight excluding hydrogens is 336 g/mol. The third-order valence-electron chi connectivity index (χ3n) is 4.83. The number of aromatic nitrogens is 2. The minimum absolute atomic E-state index is 0.673. The van der Waals surface area contributed by atoms with Gasteiger partial charge in [0.15, 0.2) is 5.96 Å². The molecule has 1 saturated heterocycles. The highest BCUT2D eigenvalue weighted by Gasteiger charge is 2.09. The Balaban J connectivity index is 1.51. The molecule has 2 heterocycles. The van der Waals surface area contributed by atoms with Gasteiger partial charge in [-0.05, 0) is 50.0 Å². The van der Waals surface area contributed by atoms with Crippen LogP contribution in [0.4, 0.5) is 0 Å². The van der Waals surface area contributed by atoms with Gasteiger partial charge in [0.25, 0.3) is 0 Å². The van der Waals surface area contributed by atoms with Gasteiger partial charge < -0.3 is 15.5 Å². The van der Waals surface area contributed by atoms with Crippen LogP contribution in [-0.4, -0.2) is 53.4 Å². The molecule has 0 atom stereocenters. The molecule has 27 heavy (non-hydrogen) atoms. The summed E-state index contributed by atoms with van der Waals surface area (Å²) in [5, 5.41) is 11.1. The molecule has 1 aromatic carbocycles. The summed E-state index contributed by atoms with van der Waals surface area (Å²) in [6.45, 7) is 8.93. The molecule has 0 unspecified atom stereocenters. The maximum atomic E-state index is 4.76. The number of piperidine rings is 1. The summed E-state index contributed by atoms with van der Waals surface area (Å²) in [4.78, 5) is 7.30. The van der Waals surface area contributed by atoms with E-state index in [1.54, 1.807) is 0 Å². The summed E-state index contributed by atoms with van der Waals surface area (Å²) in [7, 11) is 0. The average Bonchev–Trinajstić information content (AvgIpc) is 3.20. The number of hydrogen-bond acceptors (Lipinski definition) is 3. The minimum Gasteiger partial charge on any atom is -0.357 e. The maximum Gasteiger partial charge on any atom is 0.191 e. The van der Waals surface area contributed by atoms with E-state index < -0.39 is 0 Å². The van der Waals surface area contributed by atoms with Gasteiger partial charge >= 0.3 is 0 Å². The Kier molecular flexibility index (Phi) is 7.71. The first-order valence-corrected chi connectivity index (χ1v) is 10.1. The molecule has 0 radical (unpaired) electrons. The van der Waals surface area contributed by atoms with Crippen LogP contribution in [-0.2, 0) is 13.1 Å². The van der Waals surface area contributed by atoms with Crippen LogP contribution in [0.2, 0.25) is 0 Å². The topological polar surface area (TPSA) is 57.5 Å². The van der Waals surface area contributed by atoms with E-state index >= 15 is 0 Å². The van der Waals surface area contributed by atoms with Gasteiger partial charge in [-0.2, -0.15) is 5.10 Å². The van der Waals surface area contributed by atoms with Gasteiger partial charge in [0, 0.05) is 32.0 Å². The zero-order valence-electron chi connectivity index (χ0n) is 16.4. The van der Waals surface area contributed by atoms with Crippen LogP contribution in [0.5, 0.6) is 0 Å². The van der Waals surface area contributed by atoms with Crippen molar-refractivity contribution in [2.45, 2.75) is 39.3 Å². The van der Waals surface area contributed by atoms with Gasteiger partial charge in [-0.1, -0.05) is 30.7 Å². The third kappa shape index (κ3) is 6.71. The second-order valence-corrected chi connectivity index (χ2v) is 7.05. The number of rotatable bonds is 8. The Morgan fingerprint density at radius 2 is 1.96 bits per heavy atom. The number of likely N-dealkylation sites (tertiary alicyclic amines) is 1. The van der Waals surface area contributed by atoms with Gasteiger partial charge in [-0.3, -0.25) is 4.68 Å². The van der Waals surface area contributed by atoms with Crippen LogP contribution < -0.4 is 10.6 Å². The Morgan fingerprint density at radius 1 is 1.11 bits per heavy atom. The fourth-order valence-corrected chi connectivity index (χ4v) is 3.43. The van der Waals surface area contributed by atoms with Crippen LogP contribution in [0.1, 0.15) is 37.3 Å². The number of nitrogens with one attached hydrogen (secondary N) is 2. The van der Waals surface area contributed by atoms with Crippen molar-refractivity contribution < 1.29 is 0 Å². The molecule has 0 amide bonds. The first kappa shape index (κ1) is 19.4. The van der Waals surface area contributed by atoms with Crippen LogP contribution in [0.15, 0.2) is 47.7 Å². The number of benzene rings is 1. The lowest BCUT2D eigenvalue weighted by atomic mass is 10.1. The molecule has 0 bridgehead atoms. The van der Waals surface area contributed by atoms with E-state index in [9.17, 15) is 0 Å². The Hall–Kier alpha value is -2.34. The van der Waals surface area contributed by atoms with Crippen LogP contribution >= 0.6 is 0 Å². The molecule has 1 fully saturated rings. The highest BCUT2D eigenvalue weighted by atomic mass is 15.3. The SMILES string of the molecule is CCNC(=NCc1cccc(Cn2cccn2)c1)NCCN1CCCCC1. The van der Waals surface area contributed by atoms with Gasteiger partial charge in [-0.25, -0.2) is 4.99 Å². The minimum atomic E-state index is 0.673. The van der Waals surface area contributed by atoms with E-state index in [0.717, 1.165) is 32.1 Å². The van der Waals surface area contributed by atoms with Crippen molar-refractivity contribution in [1.82, 2.24) is 25.3 Å². The molecule has 2 aromatic rings. The summed E-state index contributed by atoms with van der Waals surface area (Å²) in [5.74, 6) is 0.895. The number of hydrogen-bond donors (Lipinski definition) is 2. The predicted octanol–water partition coefficient (Wildman–Crippen LogP) is 2.47. The van der Waals surface area contributed by atoms with Crippen molar-refractivity contribution in [2.75, 3.05) is 32.7 Å². The average molecular weight is 369 g/mol. The molecule has 1 aliphatic rings. The standard InChI is InChI=1S/C21H32N6/c1-2-22-21(23-11-15-26-12-4-3-5-13-26)24-17-19-8-6-9-20(16-19)18-27-14-7-10-25-27/h6-10,14,16H,2-5,11-13,15,17-18H2,1H3,(H2,22,23,24). The van der Waals surface area contributed by atoms with Crippen molar-refractivity contribution in [3.8, 4) is 0 Å². The molecule has 146 valence electrons. The Morgan fingerprint density at radius 3 is 2.74 bits per heavy atom. The van der Waals surface area contributed by atoms with Gasteiger partial charge in [0.05, 0.1) is 13.1 Å². The lowest BCUT2D eigenvalue weighted by Gasteiger charge is -2.26. The van der Waals surface area contributed by atoms with Crippen molar-refractivity contribution in [2.24, 2.45) is 4.99 Å². The summed E-state index contributed by atoms with van der Waals surface area (Å²) >= 11 is 0. The molecule has 1 aliphatic heterocycles. The van der Waals surface area contributed by atoms with Gasteiger partial charge in [-0.15, -0.1) is 0 Å². The van der Waals surface area contributed by atoms with Crippen molar-refractivity contribution in [3.05, 3.63) is 53.9 Å². The predicted molar refractivity (Wildman–Crippen MR) is 111 cm³/mol. The largest absolute Gasteiger partial charge is 0.357 e. The van der Waals surface area contributed by atoms with Crippen LogP contribution in [0, 0.1) is 0 Å². The smallest absolute Gasteiger partial charge is 0.191 e. The van der Waals surface area contributed by atoms with E-state index in [0.29, 0.717) is 6.54 Å². The molecule has 3 rings (SSSR count). The van der Waals surface area contributed by atoms with E-state index in [1.807, 2.05) is 23.1 Å². The van der Waals surface area contributed by atoms with Crippen molar-refractivity contribution in [1.29, 1.82) is 0 Å². The number of guanidine groups is 1. The summed E-state index contributed by atoms with van der Waals surface area (Å²) < 4.78 is 1.94. The fraction of sp³-hybridized carbons (Fsp3) is 0.524. The molecule has 0 saturated carbocycles. The lowest BCUT2D eigenvalue weighted by molar-refractivity contribution is 0.232. The fourth-order valence-electron chi connectivity index (χ4n) is 3.43. The Labute approximate surface area is 162 Å². The van der Waals surface area contributed by atoms with Crippen LogP contribution in [0.25, 0.3) is 0 Å². The summed E-state index contributed by atoms with van der Waals surface area (Å²) in [6, 6.07) is 10.5. The number of aliphatic imine (C=N–C) groups is 1. The first-order chi connectivity index (χ1) is 13.3. The van der Waals surface area contributed by atoms with E-state index in [2.05, 4.69) is 51.8 Å². The normalized spacial score (nSPS) is 15.7. The zero-order valence-corrected chi connectivity index (χ0v) is 16.4. The van der Waals surface area contributed by atoms with E-state index in [1.165, 1.54) is 43.5 Å². The molecule has 6 nitrogen and oxygen atoms in total. The molecular formula is C21H32N6. The van der Waals surface area contributed by atoms with Gasteiger partial charge in [0.1, 0.15) is 0 Å². The maximum absolute atomic E-state index is 4.76. The lowest BCUT2D eigenvalue weighted by Crippen LogP contribution is -2.42. The van der Waals surface area contributed by atoms with Crippen molar-refractivity contribution in [3.63, 3.8) is 0 Å². The highest BCUT2D eigenvalue weighted by Crippen LogP contribution is 2.09. The molecule has 0 spiro atoms. The molecule has 2 N–H and O–H groups in total. The second-order valence-electron chi connectivity index (χ2n) is 7.05. The molecule has 6 heteroatoms. The molecule has 0 aliphatic carbocycles. The zero-order chi connectivity index (χ0) is 18.7. The highest BCUT2D eigenvalue weighted by molar-refractivity contribution is 5.79.